The van der Waals surface area contributed by atoms with Gasteiger partial charge in [0.1, 0.15) is 0 Å². The molecule has 0 spiro atoms. The van der Waals surface area contributed by atoms with Crippen molar-refractivity contribution in [3.63, 3.8) is 0 Å². The summed E-state index contributed by atoms with van der Waals surface area (Å²) < 4.78 is 5.50. The molecular weight excluding hydrogens is 266 g/mol. The van der Waals surface area contributed by atoms with E-state index in [1.54, 1.807) is 0 Å². The van der Waals surface area contributed by atoms with E-state index in [0.29, 0.717) is 6.04 Å². The number of hydrogen-bond acceptors (Lipinski definition) is 3. The normalized spacial score (nSPS) is 12.6. The summed E-state index contributed by atoms with van der Waals surface area (Å²) in [6.45, 7) is 6.78. The zero-order chi connectivity index (χ0) is 13.2. The maximum atomic E-state index is 5.97. The van der Waals surface area contributed by atoms with Crippen LogP contribution in [0.25, 0.3) is 0 Å². The van der Waals surface area contributed by atoms with Gasteiger partial charge in [-0.25, -0.2) is 0 Å². The topological polar surface area (TPSA) is 21.3 Å². The summed E-state index contributed by atoms with van der Waals surface area (Å²) in [6.07, 6.45) is 1.14. The fourth-order valence-electron chi connectivity index (χ4n) is 1.53. The van der Waals surface area contributed by atoms with Gasteiger partial charge in [0, 0.05) is 28.3 Å². The quantitative estimate of drug-likeness (QED) is 0.697. The summed E-state index contributed by atoms with van der Waals surface area (Å²) in [5.41, 5.74) is 0. The summed E-state index contributed by atoms with van der Waals surface area (Å²) in [4.78, 5) is 1.21. The van der Waals surface area contributed by atoms with Crippen LogP contribution in [0.4, 0.5) is 0 Å². The van der Waals surface area contributed by atoms with Gasteiger partial charge in [0.25, 0.3) is 0 Å². The third kappa shape index (κ3) is 6.64. The Kier molecular flexibility index (Phi) is 8.51. The molecule has 0 saturated heterocycles. The Hall–Kier alpha value is -0.220. The summed E-state index contributed by atoms with van der Waals surface area (Å²) in [5, 5.41) is 4.30. The number of halogens is 1. The van der Waals surface area contributed by atoms with Crippen LogP contribution in [0.1, 0.15) is 20.3 Å². The van der Waals surface area contributed by atoms with Gasteiger partial charge in [-0.05, 0) is 38.1 Å². The molecule has 1 atom stereocenters. The Balaban J connectivity index is 2.39. The smallest absolute Gasteiger partial charge is 0.0627 e. The van der Waals surface area contributed by atoms with Crippen molar-refractivity contribution in [3.05, 3.63) is 29.3 Å². The zero-order valence-electron chi connectivity index (χ0n) is 11.1. The van der Waals surface area contributed by atoms with Crippen molar-refractivity contribution in [2.45, 2.75) is 31.2 Å². The fraction of sp³-hybridized carbons (Fsp3) is 0.571. The van der Waals surface area contributed by atoms with Gasteiger partial charge in [0.15, 0.2) is 0 Å². The molecule has 1 aromatic rings. The van der Waals surface area contributed by atoms with E-state index in [1.165, 1.54) is 4.90 Å². The first kappa shape index (κ1) is 15.8. The third-order valence-electron chi connectivity index (χ3n) is 2.45. The average molecular weight is 288 g/mol. The SMILES string of the molecule is CCCNC(COCC)CSc1cccc(Cl)c1. The summed E-state index contributed by atoms with van der Waals surface area (Å²) in [5.74, 6) is 1.00. The second-order valence-electron chi connectivity index (χ2n) is 4.08. The van der Waals surface area contributed by atoms with Gasteiger partial charge < -0.3 is 10.1 Å². The molecule has 102 valence electrons. The van der Waals surface area contributed by atoms with Crippen LogP contribution >= 0.6 is 23.4 Å². The Morgan fingerprint density at radius 2 is 2.22 bits per heavy atom. The number of ether oxygens (including phenoxy) is 1. The van der Waals surface area contributed by atoms with Crippen LogP contribution in [-0.4, -0.2) is 31.6 Å². The van der Waals surface area contributed by atoms with Crippen molar-refractivity contribution in [1.29, 1.82) is 0 Å². The largest absolute Gasteiger partial charge is 0.380 e. The molecule has 0 radical (unpaired) electrons. The van der Waals surface area contributed by atoms with Crippen molar-refractivity contribution in [3.8, 4) is 0 Å². The molecule has 1 aromatic carbocycles. The lowest BCUT2D eigenvalue weighted by molar-refractivity contribution is 0.128. The lowest BCUT2D eigenvalue weighted by atomic mass is 10.3. The van der Waals surface area contributed by atoms with Crippen LogP contribution in [0.2, 0.25) is 5.02 Å². The molecule has 2 nitrogen and oxygen atoms in total. The van der Waals surface area contributed by atoms with Crippen LogP contribution < -0.4 is 5.32 Å². The minimum absolute atomic E-state index is 0.397. The molecule has 0 aliphatic heterocycles. The lowest BCUT2D eigenvalue weighted by Gasteiger charge is -2.17. The van der Waals surface area contributed by atoms with Crippen LogP contribution in [-0.2, 0) is 4.74 Å². The molecule has 0 amide bonds. The van der Waals surface area contributed by atoms with Crippen molar-refractivity contribution in [1.82, 2.24) is 5.32 Å². The first-order valence-corrected chi connectivity index (χ1v) is 7.82. The van der Waals surface area contributed by atoms with E-state index in [2.05, 4.69) is 18.3 Å². The van der Waals surface area contributed by atoms with Crippen LogP contribution in [0.15, 0.2) is 29.2 Å². The summed E-state index contributed by atoms with van der Waals surface area (Å²) in [6, 6.07) is 8.38. The summed E-state index contributed by atoms with van der Waals surface area (Å²) in [7, 11) is 0. The van der Waals surface area contributed by atoms with Crippen molar-refractivity contribution < 1.29 is 4.74 Å². The van der Waals surface area contributed by atoms with Crippen LogP contribution in [0, 0.1) is 0 Å². The second kappa shape index (κ2) is 9.68. The minimum Gasteiger partial charge on any atom is -0.380 e. The first-order chi connectivity index (χ1) is 8.76. The Morgan fingerprint density at radius 1 is 1.39 bits per heavy atom. The minimum atomic E-state index is 0.397. The van der Waals surface area contributed by atoms with Crippen molar-refractivity contribution >= 4 is 23.4 Å². The van der Waals surface area contributed by atoms with E-state index >= 15 is 0 Å². The highest BCUT2D eigenvalue weighted by Crippen LogP contribution is 2.22. The highest BCUT2D eigenvalue weighted by molar-refractivity contribution is 7.99. The molecule has 0 saturated carbocycles. The second-order valence-corrected chi connectivity index (χ2v) is 5.61. The third-order valence-corrected chi connectivity index (χ3v) is 3.84. The van der Waals surface area contributed by atoms with Crippen molar-refractivity contribution in [2.75, 3.05) is 25.5 Å². The predicted molar refractivity (Wildman–Crippen MR) is 80.8 cm³/mol. The van der Waals surface area contributed by atoms with Gasteiger partial charge in [-0.2, -0.15) is 0 Å². The van der Waals surface area contributed by atoms with Gasteiger partial charge in [0.05, 0.1) is 6.61 Å². The number of hydrogen-bond donors (Lipinski definition) is 1. The monoisotopic (exact) mass is 287 g/mol. The Labute approximate surface area is 119 Å². The fourth-order valence-corrected chi connectivity index (χ4v) is 2.78. The van der Waals surface area contributed by atoms with E-state index in [9.17, 15) is 0 Å². The number of thioether (sulfide) groups is 1. The Bertz CT molecular complexity index is 327. The van der Waals surface area contributed by atoms with E-state index in [-0.39, 0.29) is 0 Å². The predicted octanol–water partition coefficient (Wildman–Crippen LogP) is 3.84. The maximum Gasteiger partial charge on any atom is 0.0627 e. The number of benzene rings is 1. The molecule has 1 N–H and O–H groups in total. The molecular formula is C14H22ClNOS. The maximum absolute atomic E-state index is 5.97. The highest BCUT2D eigenvalue weighted by atomic mass is 35.5. The van der Waals surface area contributed by atoms with E-state index in [1.807, 2.05) is 36.9 Å². The summed E-state index contributed by atoms with van der Waals surface area (Å²) >= 11 is 7.79. The molecule has 0 aliphatic rings. The van der Waals surface area contributed by atoms with Crippen LogP contribution in [0.5, 0.6) is 0 Å². The standard InChI is InChI=1S/C14H22ClNOS/c1-3-8-16-13(10-17-4-2)11-18-14-7-5-6-12(15)9-14/h5-7,9,13,16H,3-4,8,10-11H2,1-2H3. The number of nitrogens with one attached hydrogen (secondary N) is 1. The van der Waals surface area contributed by atoms with Gasteiger partial charge in [0.2, 0.25) is 0 Å². The van der Waals surface area contributed by atoms with Gasteiger partial charge >= 0.3 is 0 Å². The van der Waals surface area contributed by atoms with Gasteiger partial charge in [-0.15, -0.1) is 11.8 Å². The lowest BCUT2D eigenvalue weighted by Crippen LogP contribution is -2.36. The molecule has 1 rings (SSSR count). The molecule has 0 fully saturated rings. The van der Waals surface area contributed by atoms with E-state index < -0.39 is 0 Å². The molecule has 4 heteroatoms. The van der Waals surface area contributed by atoms with Gasteiger partial charge in [-0.1, -0.05) is 24.6 Å². The van der Waals surface area contributed by atoms with Gasteiger partial charge in [-0.3, -0.25) is 0 Å². The Morgan fingerprint density at radius 3 is 2.89 bits per heavy atom. The molecule has 0 heterocycles. The highest BCUT2D eigenvalue weighted by Gasteiger charge is 2.08. The molecule has 0 bridgehead atoms. The molecule has 1 unspecified atom stereocenters. The van der Waals surface area contributed by atoms with Crippen molar-refractivity contribution in [2.24, 2.45) is 0 Å². The first-order valence-electron chi connectivity index (χ1n) is 6.45. The molecule has 18 heavy (non-hydrogen) atoms. The van der Waals surface area contributed by atoms with Crippen LogP contribution in [0.3, 0.4) is 0 Å². The molecule has 0 aliphatic carbocycles. The zero-order valence-corrected chi connectivity index (χ0v) is 12.7. The van der Waals surface area contributed by atoms with E-state index in [0.717, 1.165) is 37.0 Å². The average Bonchev–Trinajstić information content (AvgIpc) is 2.38. The van der Waals surface area contributed by atoms with E-state index in [4.69, 9.17) is 16.3 Å². The number of rotatable bonds is 9. The molecule has 0 aromatic heterocycles.